The number of fused-ring (bicyclic) bond motifs is 1. The number of benzene rings is 2. The molecule has 6 heteroatoms. The number of hydrogen-bond acceptors (Lipinski definition) is 5. The SMILES string of the molecule is COc1ccc(C2CSc3ccccc3N(CCN3CCN(C)CC3)C2=O)cc1. The van der Waals surface area contributed by atoms with Crippen LogP contribution in [0.3, 0.4) is 0 Å². The van der Waals surface area contributed by atoms with E-state index < -0.39 is 0 Å². The molecule has 1 unspecified atom stereocenters. The summed E-state index contributed by atoms with van der Waals surface area (Å²) in [6, 6.07) is 16.2. The highest BCUT2D eigenvalue weighted by atomic mass is 32.2. The fourth-order valence-corrected chi connectivity index (χ4v) is 5.15. The Morgan fingerprint density at radius 2 is 1.72 bits per heavy atom. The number of carbonyl (C=O) groups is 1. The molecule has 5 nitrogen and oxygen atoms in total. The fraction of sp³-hybridized carbons (Fsp3) is 0.435. The summed E-state index contributed by atoms with van der Waals surface area (Å²) in [5, 5.41) is 0. The molecule has 1 fully saturated rings. The van der Waals surface area contributed by atoms with Crippen LogP contribution in [-0.4, -0.2) is 74.9 Å². The lowest BCUT2D eigenvalue weighted by molar-refractivity contribution is -0.119. The van der Waals surface area contributed by atoms with E-state index >= 15 is 0 Å². The summed E-state index contributed by atoms with van der Waals surface area (Å²) >= 11 is 1.78. The molecule has 0 aromatic heterocycles. The number of ether oxygens (including phenoxy) is 1. The number of amides is 1. The van der Waals surface area contributed by atoms with E-state index in [4.69, 9.17) is 4.74 Å². The number of carbonyl (C=O) groups excluding carboxylic acids is 1. The van der Waals surface area contributed by atoms with Crippen molar-refractivity contribution in [1.82, 2.24) is 9.80 Å². The smallest absolute Gasteiger partial charge is 0.235 e. The summed E-state index contributed by atoms with van der Waals surface area (Å²) in [5.74, 6) is 1.62. The molecule has 1 atom stereocenters. The van der Waals surface area contributed by atoms with Crippen LogP contribution in [0.2, 0.25) is 0 Å². The molecule has 0 saturated carbocycles. The van der Waals surface area contributed by atoms with E-state index in [0.29, 0.717) is 0 Å². The Morgan fingerprint density at radius 3 is 2.45 bits per heavy atom. The highest BCUT2D eigenvalue weighted by molar-refractivity contribution is 7.99. The first-order valence-electron chi connectivity index (χ1n) is 10.2. The molecule has 2 aliphatic heterocycles. The number of likely N-dealkylation sites (N-methyl/N-ethyl adjacent to an activating group) is 1. The zero-order chi connectivity index (χ0) is 20.2. The van der Waals surface area contributed by atoms with Crippen LogP contribution < -0.4 is 9.64 Å². The van der Waals surface area contributed by atoms with Crippen molar-refractivity contribution in [2.24, 2.45) is 0 Å². The summed E-state index contributed by atoms with van der Waals surface area (Å²) < 4.78 is 5.28. The Hall–Kier alpha value is -2.02. The molecule has 1 saturated heterocycles. The molecule has 0 bridgehead atoms. The van der Waals surface area contributed by atoms with E-state index in [2.05, 4.69) is 35.0 Å². The van der Waals surface area contributed by atoms with Crippen molar-refractivity contribution < 1.29 is 9.53 Å². The summed E-state index contributed by atoms with van der Waals surface area (Å²) in [5.41, 5.74) is 2.10. The summed E-state index contributed by atoms with van der Waals surface area (Å²) in [7, 11) is 3.83. The number of hydrogen-bond donors (Lipinski definition) is 0. The maximum atomic E-state index is 13.6. The maximum absolute atomic E-state index is 13.6. The third-order valence-corrected chi connectivity index (χ3v) is 7.04. The van der Waals surface area contributed by atoms with Crippen LogP contribution in [-0.2, 0) is 4.79 Å². The fourth-order valence-electron chi connectivity index (χ4n) is 3.97. The van der Waals surface area contributed by atoms with Gasteiger partial charge in [0.15, 0.2) is 0 Å². The Labute approximate surface area is 177 Å². The monoisotopic (exact) mass is 411 g/mol. The molecule has 2 aromatic carbocycles. The number of anilines is 1. The predicted octanol–water partition coefficient (Wildman–Crippen LogP) is 3.17. The number of rotatable bonds is 5. The third kappa shape index (κ3) is 4.60. The minimum Gasteiger partial charge on any atom is -0.497 e. The van der Waals surface area contributed by atoms with E-state index in [1.807, 2.05) is 35.2 Å². The van der Waals surface area contributed by atoms with Crippen molar-refractivity contribution in [2.45, 2.75) is 10.8 Å². The summed E-state index contributed by atoms with van der Waals surface area (Å²) in [6.07, 6.45) is 0. The lowest BCUT2D eigenvalue weighted by Crippen LogP contribution is -2.48. The number of nitrogens with zero attached hydrogens (tertiary/aromatic N) is 3. The van der Waals surface area contributed by atoms with Gasteiger partial charge in [-0.2, -0.15) is 0 Å². The van der Waals surface area contributed by atoms with Gasteiger partial charge >= 0.3 is 0 Å². The summed E-state index contributed by atoms with van der Waals surface area (Å²) in [6.45, 7) is 5.96. The van der Waals surface area contributed by atoms with Crippen LogP contribution in [0.1, 0.15) is 11.5 Å². The maximum Gasteiger partial charge on any atom is 0.235 e. The molecule has 1 amide bonds. The van der Waals surface area contributed by atoms with Crippen molar-refractivity contribution >= 4 is 23.4 Å². The Bertz CT molecular complexity index is 834. The average molecular weight is 412 g/mol. The van der Waals surface area contributed by atoms with Crippen molar-refractivity contribution in [3.63, 3.8) is 0 Å². The van der Waals surface area contributed by atoms with E-state index in [0.717, 1.165) is 62.0 Å². The molecular formula is C23H29N3O2S. The van der Waals surface area contributed by atoms with Gasteiger partial charge in [0.1, 0.15) is 5.75 Å². The van der Waals surface area contributed by atoms with Gasteiger partial charge in [0, 0.05) is 49.9 Å². The van der Waals surface area contributed by atoms with Gasteiger partial charge in [0.2, 0.25) is 5.91 Å². The summed E-state index contributed by atoms with van der Waals surface area (Å²) in [4.78, 5) is 21.7. The second-order valence-electron chi connectivity index (χ2n) is 7.74. The largest absolute Gasteiger partial charge is 0.497 e. The molecule has 2 aromatic rings. The molecule has 0 radical (unpaired) electrons. The molecule has 154 valence electrons. The molecule has 4 rings (SSSR count). The van der Waals surface area contributed by atoms with Crippen LogP contribution in [0.4, 0.5) is 5.69 Å². The number of para-hydroxylation sites is 1. The second kappa shape index (κ2) is 9.20. The van der Waals surface area contributed by atoms with Gasteiger partial charge in [-0.1, -0.05) is 24.3 Å². The first-order valence-corrected chi connectivity index (χ1v) is 11.2. The Balaban J connectivity index is 1.56. The van der Waals surface area contributed by atoms with Crippen LogP contribution in [0.25, 0.3) is 0 Å². The van der Waals surface area contributed by atoms with Gasteiger partial charge in [-0.25, -0.2) is 0 Å². The molecule has 2 aliphatic rings. The van der Waals surface area contributed by atoms with Gasteiger partial charge in [-0.05, 0) is 36.9 Å². The van der Waals surface area contributed by atoms with Gasteiger partial charge in [-0.15, -0.1) is 11.8 Å². The number of methoxy groups -OCH3 is 1. The first-order chi connectivity index (χ1) is 14.2. The average Bonchev–Trinajstić information content (AvgIpc) is 2.90. The van der Waals surface area contributed by atoms with Gasteiger partial charge in [0.05, 0.1) is 18.7 Å². The second-order valence-corrected chi connectivity index (χ2v) is 8.80. The highest BCUT2D eigenvalue weighted by Gasteiger charge is 2.32. The first kappa shape index (κ1) is 20.3. The Kier molecular flexibility index (Phi) is 6.43. The molecule has 29 heavy (non-hydrogen) atoms. The van der Waals surface area contributed by atoms with Crippen molar-refractivity contribution in [3.8, 4) is 5.75 Å². The predicted molar refractivity (Wildman–Crippen MR) is 119 cm³/mol. The Morgan fingerprint density at radius 1 is 1.00 bits per heavy atom. The normalized spacial score (nSPS) is 21.0. The molecule has 0 spiro atoms. The molecule has 0 N–H and O–H groups in total. The number of piperazine rings is 1. The van der Waals surface area contributed by atoms with Gasteiger partial charge < -0.3 is 14.5 Å². The zero-order valence-corrected chi connectivity index (χ0v) is 18.0. The minimum absolute atomic E-state index is 0.147. The third-order valence-electron chi connectivity index (χ3n) is 5.88. The van der Waals surface area contributed by atoms with Crippen molar-refractivity contribution in [2.75, 3.05) is 64.1 Å². The van der Waals surface area contributed by atoms with Crippen LogP contribution >= 0.6 is 11.8 Å². The topological polar surface area (TPSA) is 36.0 Å². The quantitative estimate of drug-likeness (QED) is 0.755. The molecule has 0 aliphatic carbocycles. The number of thioether (sulfide) groups is 1. The van der Waals surface area contributed by atoms with Crippen molar-refractivity contribution in [3.05, 3.63) is 54.1 Å². The van der Waals surface area contributed by atoms with Crippen molar-refractivity contribution in [1.29, 1.82) is 0 Å². The van der Waals surface area contributed by atoms with Crippen LogP contribution in [0, 0.1) is 0 Å². The van der Waals surface area contributed by atoms with E-state index in [-0.39, 0.29) is 11.8 Å². The van der Waals surface area contributed by atoms with E-state index in [9.17, 15) is 4.79 Å². The lowest BCUT2D eigenvalue weighted by Gasteiger charge is -2.34. The highest BCUT2D eigenvalue weighted by Crippen LogP contribution is 2.39. The van der Waals surface area contributed by atoms with Gasteiger partial charge in [-0.3, -0.25) is 9.69 Å². The van der Waals surface area contributed by atoms with Crippen LogP contribution in [0.5, 0.6) is 5.75 Å². The zero-order valence-electron chi connectivity index (χ0n) is 17.2. The van der Waals surface area contributed by atoms with E-state index in [1.54, 1.807) is 18.9 Å². The molecular weight excluding hydrogens is 382 g/mol. The lowest BCUT2D eigenvalue weighted by atomic mass is 9.99. The minimum atomic E-state index is -0.147. The molecule has 2 heterocycles. The standard InChI is InChI=1S/C23H29N3O2S/c1-24-11-13-25(14-12-24)15-16-26-21-5-3-4-6-22(21)29-17-20(23(26)27)18-7-9-19(28-2)10-8-18/h3-10,20H,11-17H2,1-2H3. The van der Waals surface area contributed by atoms with E-state index in [1.165, 1.54) is 4.90 Å². The van der Waals surface area contributed by atoms with Gasteiger partial charge in [0.25, 0.3) is 0 Å². The van der Waals surface area contributed by atoms with Crippen LogP contribution in [0.15, 0.2) is 53.4 Å².